The second kappa shape index (κ2) is 9.67. The number of nitrogens with one attached hydrogen (secondary N) is 2. The van der Waals surface area contributed by atoms with E-state index in [9.17, 15) is 14.4 Å². The second-order valence-electron chi connectivity index (χ2n) is 7.82. The van der Waals surface area contributed by atoms with Crippen molar-refractivity contribution < 1.29 is 23.9 Å². The number of carbonyl (C=O) groups excluding carboxylic acids is 3. The summed E-state index contributed by atoms with van der Waals surface area (Å²) in [5.74, 6) is -0.997. The van der Waals surface area contributed by atoms with Crippen LogP contribution in [0.3, 0.4) is 0 Å². The van der Waals surface area contributed by atoms with E-state index in [4.69, 9.17) is 9.47 Å². The molecule has 160 valence electrons. The van der Waals surface area contributed by atoms with Gasteiger partial charge in [0, 0.05) is 18.5 Å². The first-order valence-corrected chi connectivity index (χ1v) is 10.1. The Kier molecular flexibility index (Phi) is 6.99. The molecule has 3 atom stereocenters. The van der Waals surface area contributed by atoms with Crippen molar-refractivity contribution in [1.82, 2.24) is 15.6 Å². The van der Waals surface area contributed by atoms with Crippen molar-refractivity contribution in [2.45, 2.75) is 52.0 Å². The number of hydrogen-bond acceptors (Lipinski definition) is 6. The van der Waals surface area contributed by atoms with Crippen LogP contribution in [0.4, 0.5) is 0 Å². The second-order valence-corrected chi connectivity index (χ2v) is 7.82. The fourth-order valence-electron chi connectivity index (χ4n) is 3.41. The monoisotopic (exact) mass is 413 g/mol. The van der Waals surface area contributed by atoms with Crippen LogP contribution in [-0.4, -0.2) is 47.7 Å². The number of rotatable bonds is 7. The minimum absolute atomic E-state index is 0.180. The Morgan fingerprint density at radius 3 is 2.77 bits per heavy atom. The molecule has 1 aliphatic heterocycles. The van der Waals surface area contributed by atoms with Crippen molar-refractivity contribution in [2.24, 2.45) is 5.92 Å². The molecule has 30 heavy (non-hydrogen) atoms. The third-order valence-electron chi connectivity index (χ3n) is 4.83. The van der Waals surface area contributed by atoms with Crippen molar-refractivity contribution in [1.29, 1.82) is 0 Å². The minimum Gasteiger partial charge on any atom is -0.434 e. The summed E-state index contributed by atoms with van der Waals surface area (Å²) in [5, 5.41) is 6.52. The maximum Gasteiger partial charge on any atom is 0.305 e. The van der Waals surface area contributed by atoms with Crippen molar-refractivity contribution in [3.8, 4) is 0 Å². The van der Waals surface area contributed by atoms with Gasteiger partial charge in [0.05, 0.1) is 23.7 Å². The zero-order chi connectivity index (χ0) is 21.7. The van der Waals surface area contributed by atoms with Gasteiger partial charge in [0.25, 0.3) is 5.91 Å². The SMILES string of the molecule is CC(=O)O[C@@H]1OCC[C@@H]1NC(=O)[C@H](CC(C)C)NC(=O)c1cnc2ccccc2c1. The van der Waals surface area contributed by atoms with Gasteiger partial charge in [-0.05, 0) is 30.9 Å². The van der Waals surface area contributed by atoms with Gasteiger partial charge in [-0.1, -0.05) is 32.0 Å². The molecule has 2 heterocycles. The number of esters is 1. The van der Waals surface area contributed by atoms with Crippen molar-refractivity contribution >= 4 is 28.7 Å². The molecule has 0 bridgehead atoms. The number of hydrogen-bond donors (Lipinski definition) is 2. The minimum atomic E-state index is -0.813. The number of nitrogens with zero attached hydrogens (tertiary/aromatic N) is 1. The highest BCUT2D eigenvalue weighted by molar-refractivity contribution is 5.99. The molecule has 0 radical (unpaired) electrons. The number of amides is 2. The molecule has 0 spiro atoms. The normalized spacial score (nSPS) is 19.5. The van der Waals surface area contributed by atoms with Gasteiger partial charge < -0.3 is 20.1 Å². The third-order valence-corrected chi connectivity index (χ3v) is 4.83. The number of pyridine rings is 1. The van der Waals surface area contributed by atoms with Gasteiger partial charge in [-0.25, -0.2) is 0 Å². The number of fused-ring (bicyclic) bond motifs is 1. The lowest BCUT2D eigenvalue weighted by Gasteiger charge is -2.24. The van der Waals surface area contributed by atoms with Crippen LogP contribution in [0.15, 0.2) is 36.5 Å². The first kappa shape index (κ1) is 21.7. The molecular weight excluding hydrogens is 386 g/mol. The predicted molar refractivity (Wildman–Crippen MR) is 111 cm³/mol. The Hall–Kier alpha value is -3.00. The largest absolute Gasteiger partial charge is 0.434 e. The quantitative estimate of drug-likeness (QED) is 0.674. The van der Waals surface area contributed by atoms with E-state index in [1.165, 1.54) is 13.1 Å². The van der Waals surface area contributed by atoms with Crippen LogP contribution in [-0.2, 0) is 19.1 Å². The molecule has 1 saturated heterocycles. The molecule has 2 amide bonds. The Labute approximate surface area is 175 Å². The van der Waals surface area contributed by atoms with Gasteiger partial charge in [0.15, 0.2) is 0 Å². The summed E-state index contributed by atoms with van der Waals surface area (Å²) in [6.07, 6.45) is 1.68. The molecule has 1 aromatic heterocycles. The number of para-hydroxylation sites is 1. The van der Waals surface area contributed by atoms with E-state index in [1.807, 2.05) is 38.1 Å². The lowest BCUT2D eigenvalue weighted by Crippen LogP contribution is -2.52. The molecule has 0 saturated carbocycles. The fourth-order valence-corrected chi connectivity index (χ4v) is 3.41. The van der Waals surface area contributed by atoms with E-state index in [0.717, 1.165) is 10.9 Å². The van der Waals surface area contributed by atoms with Gasteiger partial charge in [-0.15, -0.1) is 0 Å². The van der Waals surface area contributed by atoms with Crippen LogP contribution < -0.4 is 10.6 Å². The first-order valence-electron chi connectivity index (χ1n) is 10.1. The molecule has 1 aliphatic rings. The Bertz CT molecular complexity index is 930. The molecule has 0 unspecified atom stereocenters. The lowest BCUT2D eigenvalue weighted by atomic mass is 10.0. The molecule has 2 N–H and O–H groups in total. The zero-order valence-corrected chi connectivity index (χ0v) is 17.4. The van der Waals surface area contributed by atoms with E-state index in [-0.39, 0.29) is 17.7 Å². The lowest BCUT2D eigenvalue weighted by molar-refractivity contribution is -0.170. The summed E-state index contributed by atoms with van der Waals surface area (Å²) in [6, 6.07) is 8.08. The Morgan fingerprint density at radius 2 is 2.03 bits per heavy atom. The number of ether oxygens (including phenoxy) is 2. The maximum atomic E-state index is 12.9. The summed E-state index contributed by atoms with van der Waals surface area (Å²) in [5.41, 5.74) is 1.18. The molecule has 8 nitrogen and oxygen atoms in total. The van der Waals surface area contributed by atoms with E-state index in [0.29, 0.717) is 25.0 Å². The Morgan fingerprint density at radius 1 is 1.27 bits per heavy atom. The Balaban J connectivity index is 1.70. The smallest absolute Gasteiger partial charge is 0.305 e. The first-order chi connectivity index (χ1) is 14.3. The summed E-state index contributed by atoms with van der Waals surface area (Å²) in [6.45, 7) is 5.63. The highest BCUT2D eigenvalue weighted by Gasteiger charge is 2.34. The van der Waals surface area contributed by atoms with Crippen molar-refractivity contribution in [2.75, 3.05) is 6.61 Å². The average Bonchev–Trinajstić information content (AvgIpc) is 3.12. The molecule has 0 aliphatic carbocycles. The van der Waals surface area contributed by atoms with Crippen LogP contribution in [0.2, 0.25) is 0 Å². The number of benzene rings is 1. The van der Waals surface area contributed by atoms with E-state index in [1.54, 1.807) is 6.07 Å². The molecule has 2 aromatic rings. The molecule has 1 fully saturated rings. The van der Waals surface area contributed by atoms with Gasteiger partial charge in [-0.2, -0.15) is 0 Å². The molecular formula is C22H27N3O5. The predicted octanol–water partition coefficient (Wildman–Crippen LogP) is 2.17. The summed E-state index contributed by atoms with van der Waals surface area (Å²) >= 11 is 0. The number of carbonyl (C=O) groups is 3. The van der Waals surface area contributed by atoms with Gasteiger partial charge in [-0.3, -0.25) is 19.4 Å². The fraction of sp³-hybridized carbons (Fsp3) is 0.455. The van der Waals surface area contributed by atoms with Crippen LogP contribution in [0.1, 0.15) is 44.0 Å². The molecule has 3 rings (SSSR count). The average molecular weight is 413 g/mol. The van der Waals surface area contributed by atoms with Gasteiger partial charge in [0.1, 0.15) is 6.04 Å². The van der Waals surface area contributed by atoms with Crippen molar-refractivity contribution in [3.05, 3.63) is 42.1 Å². The summed E-state index contributed by atoms with van der Waals surface area (Å²) < 4.78 is 10.5. The molecule has 8 heteroatoms. The van der Waals surface area contributed by atoms with Crippen LogP contribution in [0.5, 0.6) is 0 Å². The molecule has 1 aromatic carbocycles. The van der Waals surface area contributed by atoms with Crippen LogP contribution in [0.25, 0.3) is 10.9 Å². The zero-order valence-electron chi connectivity index (χ0n) is 17.4. The third kappa shape index (κ3) is 5.54. The highest BCUT2D eigenvalue weighted by atomic mass is 16.7. The van der Waals surface area contributed by atoms with E-state index < -0.39 is 24.3 Å². The van der Waals surface area contributed by atoms with Gasteiger partial charge >= 0.3 is 5.97 Å². The van der Waals surface area contributed by atoms with Crippen molar-refractivity contribution in [3.63, 3.8) is 0 Å². The highest BCUT2D eigenvalue weighted by Crippen LogP contribution is 2.17. The number of aromatic nitrogens is 1. The van der Waals surface area contributed by atoms with Crippen LogP contribution in [0, 0.1) is 5.92 Å². The maximum absolute atomic E-state index is 12.9. The van der Waals surface area contributed by atoms with Gasteiger partial charge in [0.2, 0.25) is 12.2 Å². The topological polar surface area (TPSA) is 107 Å². The van der Waals surface area contributed by atoms with Crippen LogP contribution >= 0.6 is 0 Å². The van der Waals surface area contributed by atoms with E-state index >= 15 is 0 Å². The summed E-state index contributed by atoms with van der Waals surface area (Å²) in [7, 11) is 0. The summed E-state index contributed by atoms with van der Waals surface area (Å²) in [4.78, 5) is 41.3. The standard InChI is InChI=1S/C22H27N3O5/c1-13(2)10-19(21(28)24-18-8-9-29-22(18)30-14(3)26)25-20(27)16-11-15-6-4-5-7-17(15)23-12-16/h4-7,11-13,18-19,22H,8-10H2,1-3H3,(H,24,28)(H,25,27)/t18-,19-,22-/m0/s1. The van der Waals surface area contributed by atoms with E-state index in [2.05, 4.69) is 15.6 Å².